The van der Waals surface area contributed by atoms with Crippen LogP contribution < -0.4 is 0 Å². The molecule has 2 aromatic rings. The molecule has 1 amide bonds. The summed E-state index contributed by atoms with van der Waals surface area (Å²) in [7, 11) is 0. The normalized spacial score (nSPS) is 27.0. The van der Waals surface area contributed by atoms with Gasteiger partial charge in [-0.1, -0.05) is 17.3 Å². The molecule has 30 heavy (non-hydrogen) atoms. The molecule has 2 aliphatic heterocycles. The van der Waals surface area contributed by atoms with Crippen molar-refractivity contribution >= 4 is 11.6 Å². The van der Waals surface area contributed by atoms with E-state index in [1.54, 1.807) is 26.2 Å². The van der Waals surface area contributed by atoms with Gasteiger partial charge in [-0.05, 0) is 52.7 Å². The molecule has 0 saturated carbocycles. The van der Waals surface area contributed by atoms with Gasteiger partial charge in [0.2, 0.25) is 0 Å². The lowest BCUT2D eigenvalue weighted by molar-refractivity contribution is -0.0723. The van der Waals surface area contributed by atoms with Crippen LogP contribution in [-0.2, 0) is 4.84 Å². The van der Waals surface area contributed by atoms with Crippen molar-refractivity contribution in [2.45, 2.75) is 64.2 Å². The van der Waals surface area contributed by atoms with Crippen LogP contribution in [-0.4, -0.2) is 60.4 Å². The van der Waals surface area contributed by atoms with Crippen LogP contribution in [0, 0.1) is 5.92 Å². The number of piperidine rings is 1. The number of oxime groups is 1. The Hall–Kier alpha value is -2.74. The molecule has 1 saturated heterocycles. The minimum Gasteiger partial charge on any atom is -0.389 e. The van der Waals surface area contributed by atoms with Gasteiger partial charge in [0.25, 0.3) is 5.91 Å². The van der Waals surface area contributed by atoms with E-state index in [4.69, 9.17) is 4.84 Å². The van der Waals surface area contributed by atoms with Crippen molar-refractivity contribution in [1.29, 1.82) is 0 Å². The van der Waals surface area contributed by atoms with E-state index in [0.29, 0.717) is 29.9 Å². The molecular formula is C22H29N5O3. The minimum atomic E-state index is -1.01. The Morgan fingerprint density at radius 1 is 1.23 bits per heavy atom. The SMILES string of the molecule is C[C@@H]1CC[C@@H](C2(C)CC(C(C)(C)O)=NO2)CN1C(=O)c1ccccc1-n1nccn1. The second-order valence-electron chi connectivity index (χ2n) is 9.09. The summed E-state index contributed by atoms with van der Waals surface area (Å²) in [5.74, 6) is 0.0848. The molecule has 1 unspecified atom stereocenters. The Labute approximate surface area is 176 Å². The number of aromatic nitrogens is 3. The van der Waals surface area contributed by atoms with Crippen molar-refractivity contribution in [3.05, 3.63) is 42.2 Å². The summed E-state index contributed by atoms with van der Waals surface area (Å²) < 4.78 is 0. The average Bonchev–Trinajstić information content (AvgIpc) is 3.38. The Bertz CT molecular complexity index is 950. The van der Waals surface area contributed by atoms with E-state index in [-0.39, 0.29) is 17.9 Å². The number of para-hydroxylation sites is 1. The van der Waals surface area contributed by atoms with Gasteiger partial charge in [0.15, 0.2) is 0 Å². The second kappa shape index (κ2) is 7.50. The summed E-state index contributed by atoms with van der Waals surface area (Å²) in [6.07, 6.45) is 5.58. The smallest absolute Gasteiger partial charge is 0.256 e. The van der Waals surface area contributed by atoms with Crippen LogP contribution in [0.15, 0.2) is 41.8 Å². The van der Waals surface area contributed by atoms with Crippen molar-refractivity contribution in [3.8, 4) is 5.69 Å². The number of amides is 1. The van der Waals surface area contributed by atoms with E-state index in [1.165, 1.54) is 4.80 Å². The van der Waals surface area contributed by atoms with Crippen LogP contribution in [0.25, 0.3) is 5.69 Å². The zero-order valence-electron chi connectivity index (χ0n) is 17.9. The lowest BCUT2D eigenvalue weighted by atomic mass is 9.77. The highest BCUT2D eigenvalue weighted by Gasteiger charge is 2.48. The van der Waals surface area contributed by atoms with Gasteiger partial charge < -0.3 is 14.8 Å². The molecule has 8 nitrogen and oxygen atoms in total. The van der Waals surface area contributed by atoms with Gasteiger partial charge in [-0.2, -0.15) is 15.0 Å². The number of carbonyl (C=O) groups excluding carboxylic acids is 1. The number of hydrogen-bond acceptors (Lipinski definition) is 6. The molecule has 160 valence electrons. The van der Waals surface area contributed by atoms with Gasteiger partial charge in [0.05, 0.1) is 29.4 Å². The number of rotatable bonds is 4. The summed E-state index contributed by atoms with van der Waals surface area (Å²) in [6, 6.07) is 7.52. The molecule has 0 aliphatic carbocycles. The van der Waals surface area contributed by atoms with Gasteiger partial charge in [0.1, 0.15) is 11.2 Å². The standard InChI is InChI=1S/C22H29N5O3/c1-15-9-10-16(22(4)13-19(25-30-22)21(2,3)29)14-26(15)20(28)17-7-5-6-8-18(17)27-23-11-12-24-27/h5-8,11-12,15-16,29H,9-10,13-14H2,1-4H3/t15-,16-,22?/m1/s1. The van der Waals surface area contributed by atoms with Crippen molar-refractivity contribution in [2.75, 3.05) is 6.54 Å². The molecule has 8 heteroatoms. The summed E-state index contributed by atoms with van der Waals surface area (Å²) in [5, 5.41) is 22.9. The van der Waals surface area contributed by atoms with Crippen LogP contribution in [0.4, 0.5) is 0 Å². The highest BCUT2D eigenvalue weighted by molar-refractivity contribution is 5.98. The molecule has 3 heterocycles. The van der Waals surface area contributed by atoms with Crippen LogP contribution in [0.3, 0.4) is 0 Å². The molecule has 4 rings (SSSR count). The number of likely N-dealkylation sites (tertiary alicyclic amines) is 1. The number of benzene rings is 1. The molecular weight excluding hydrogens is 382 g/mol. The van der Waals surface area contributed by atoms with E-state index >= 15 is 0 Å². The van der Waals surface area contributed by atoms with Gasteiger partial charge >= 0.3 is 0 Å². The van der Waals surface area contributed by atoms with Gasteiger partial charge in [-0.15, -0.1) is 0 Å². The molecule has 1 N–H and O–H groups in total. The first-order valence-corrected chi connectivity index (χ1v) is 10.4. The van der Waals surface area contributed by atoms with Crippen molar-refractivity contribution in [1.82, 2.24) is 19.9 Å². The Morgan fingerprint density at radius 2 is 1.93 bits per heavy atom. The van der Waals surface area contributed by atoms with Crippen LogP contribution in [0.2, 0.25) is 0 Å². The Balaban J connectivity index is 1.56. The van der Waals surface area contributed by atoms with Gasteiger partial charge in [-0.3, -0.25) is 4.79 Å². The molecule has 0 spiro atoms. The third kappa shape index (κ3) is 3.71. The molecule has 1 aromatic carbocycles. The van der Waals surface area contributed by atoms with Crippen LogP contribution >= 0.6 is 0 Å². The quantitative estimate of drug-likeness (QED) is 0.835. The Morgan fingerprint density at radius 3 is 2.60 bits per heavy atom. The highest BCUT2D eigenvalue weighted by Crippen LogP contribution is 2.40. The molecule has 2 aliphatic rings. The van der Waals surface area contributed by atoms with Crippen molar-refractivity contribution in [3.63, 3.8) is 0 Å². The van der Waals surface area contributed by atoms with E-state index in [0.717, 1.165) is 12.8 Å². The van der Waals surface area contributed by atoms with Crippen molar-refractivity contribution in [2.24, 2.45) is 11.1 Å². The lowest BCUT2D eigenvalue weighted by Gasteiger charge is -2.43. The van der Waals surface area contributed by atoms with E-state index in [9.17, 15) is 9.90 Å². The monoisotopic (exact) mass is 411 g/mol. The first-order valence-electron chi connectivity index (χ1n) is 10.4. The maximum absolute atomic E-state index is 13.6. The zero-order valence-corrected chi connectivity index (χ0v) is 17.9. The van der Waals surface area contributed by atoms with Gasteiger partial charge in [-0.25, -0.2) is 0 Å². The van der Waals surface area contributed by atoms with Crippen LogP contribution in [0.1, 0.15) is 57.3 Å². The maximum atomic E-state index is 13.6. The average molecular weight is 412 g/mol. The fourth-order valence-electron chi connectivity index (χ4n) is 4.32. The molecule has 3 atom stereocenters. The van der Waals surface area contributed by atoms with E-state index in [2.05, 4.69) is 22.3 Å². The molecule has 0 radical (unpaired) electrons. The van der Waals surface area contributed by atoms with Crippen molar-refractivity contribution < 1.29 is 14.7 Å². The summed E-state index contributed by atoms with van der Waals surface area (Å²) >= 11 is 0. The molecule has 1 aromatic heterocycles. The molecule has 1 fully saturated rings. The molecule has 0 bridgehead atoms. The Kier molecular flexibility index (Phi) is 5.13. The predicted octanol–water partition coefficient (Wildman–Crippen LogP) is 2.81. The first-order chi connectivity index (χ1) is 14.2. The van der Waals surface area contributed by atoms with Gasteiger partial charge in [0, 0.05) is 24.9 Å². The summed E-state index contributed by atoms with van der Waals surface area (Å²) in [4.78, 5) is 22.8. The number of nitrogens with zero attached hydrogens (tertiary/aromatic N) is 5. The third-order valence-electron chi connectivity index (χ3n) is 6.36. The second-order valence-corrected chi connectivity index (χ2v) is 9.09. The topological polar surface area (TPSA) is 92.8 Å². The third-order valence-corrected chi connectivity index (χ3v) is 6.36. The zero-order chi connectivity index (χ0) is 21.5. The van der Waals surface area contributed by atoms with E-state index in [1.807, 2.05) is 36.1 Å². The van der Waals surface area contributed by atoms with Crippen LogP contribution in [0.5, 0.6) is 0 Å². The fraction of sp³-hybridized carbons (Fsp3) is 0.545. The predicted molar refractivity (Wildman–Crippen MR) is 112 cm³/mol. The fourth-order valence-corrected chi connectivity index (χ4v) is 4.32. The number of aliphatic hydroxyl groups is 1. The highest BCUT2D eigenvalue weighted by atomic mass is 16.7. The summed E-state index contributed by atoms with van der Waals surface area (Å²) in [6.45, 7) is 8.13. The first kappa shape index (κ1) is 20.5. The number of hydrogen-bond donors (Lipinski definition) is 1. The largest absolute Gasteiger partial charge is 0.389 e. The minimum absolute atomic E-state index is 0.0367. The maximum Gasteiger partial charge on any atom is 0.256 e. The lowest BCUT2D eigenvalue weighted by Crippen LogP contribution is -2.52. The summed E-state index contributed by atoms with van der Waals surface area (Å²) in [5.41, 5.74) is 0.351. The number of carbonyl (C=O) groups is 1. The van der Waals surface area contributed by atoms with E-state index < -0.39 is 11.2 Å².